The number of thioether (sulfide) groups is 1. The summed E-state index contributed by atoms with van der Waals surface area (Å²) in [6, 6.07) is 10.1. The molecule has 2 aromatic rings. The molecule has 1 N–H and O–H groups in total. The Hall–Kier alpha value is -1.86. The molecule has 140 valence electrons. The lowest BCUT2D eigenvalue weighted by atomic mass is 10.2. The monoisotopic (exact) mass is 374 g/mol. The molecule has 1 amide bonds. The molecule has 1 saturated heterocycles. The summed E-state index contributed by atoms with van der Waals surface area (Å²) >= 11 is 1.51. The van der Waals surface area contributed by atoms with E-state index in [-0.39, 0.29) is 11.2 Å². The molecule has 1 fully saturated rings. The van der Waals surface area contributed by atoms with Gasteiger partial charge in [-0.05, 0) is 20.8 Å². The second-order valence-electron chi connectivity index (χ2n) is 6.61. The number of likely N-dealkylation sites (N-methyl/N-ethyl adjacent to an activating group) is 1. The van der Waals surface area contributed by atoms with E-state index >= 15 is 0 Å². The fraction of sp³-hybridized carbons (Fsp3) is 0.526. The van der Waals surface area contributed by atoms with Crippen LogP contribution in [0.4, 0.5) is 0 Å². The first-order valence-corrected chi connectivity index (χ1v) is 10.3. The topological polar surface area (TPSA) is 55.5 Å². The first kappa shape index (κ1) is 18.9. The standard InChI is InChI=1S/C19H27N5OS/c1-4-22-11-13-23(14-12-22)18(25)15(3)26-19-21-20-17(24(19)5-2)16-9-7-6-8-10-16/h6-10,15H,4-5,11-14H2,1-3H3/p+1/t15-/m1/s1. The largest absolute Gasteiger partial charge is 0.332 e. The molecule has 1 atom stereocenters. The van der Waals surface area contributed by atoms with Gasteiger partial charge in [-0.3, -0.25) is 4.79 Å². The van der Waals surface area contributed by atoms with Crippen LogP contribution in [-0.2, 0) is 11.3 Å². The summed E-state index contributed by atoms with van der Waals surface area (Å²) in [6.45, 7) is 12.0. The number of quaternary nitrogens is 1. The molecule has 1 aliphatic rings. The zero-order valence-corrected chi connectivity index (χ0v) is 16.6. The Kier molecular flexibility index (Phi) is 6.32. The van der Waals surface area contributed by atoms with Gasteiger partial charge in [0.15, 0.2) is 11.0 Å². The fourth-order valence-electron chi connectivity index (χ4n) is 3.32. The first-order valence-electron chi connectivity index (χ1n) is 9.41. The van der Waals surface area contributed by atoms with E-state index in [9.17, 15) is 4.79 Å². The lowest BCUT2D eigenvalue weighted by Gasteiger charge is -2.32. The highest BCUT2D eigenvalue weighted by molar-refractivity contribution is 8.00. The van der Waals surface area contributed by atoms with Gasteiger partial charge in [-0.1, -0.05) is 42.1 Å². The molecule has 0 saturated carbocycles. The minimum Gasteiger partial charge on any atom is -0.332 e. The number of rotatable bonds is 6. The Labute approximate surface area is 159 Å². The Morgan fingerprint density at radius 1 is 1.19 bits per heavy atom. The van der Waals surface area contributed by atoms with Crippen LogP contribution < -0.4 is 4.90 Å². The van der Waals surface area contributed by atoms with Gasteiger partial charge < -0.3 is 14.4 Å². The molecule has 0 spiro atoms. The predicted octanol–water partition coefficient (Wildman–Crippen LogP) is 1.19. The van der Waals surface area contributed by atoms with Crippen molar-refractivity contribution in [3.8, 4) is 11.4 Å². The Balaban J connectivity index is 1.69. The summed E-state index contributed by atoms with van der Waals surface area (Å²) in [7, 11) is 0. The molecule has 0 unspecified atom stereocenters. The van der Waals surface area contributed by atoms with Crippen LogP contribution in [0.25, 0.3) is 11.4 Å². The van der Waals surface area contributed by atoms with E-state index in [0.29, 0.717) is 0 Å². The Bertz CT molecular complexity index is 725. The van der Waals surface area contributed by atoms with Crippen molar-refractivity contribution in [3.05, 3.63) is 30.3 Å². The molecule has 7 heteroatoms. The number of aromatic nitrogens is 3. The van der Waals surface area contributed by atoms with Gasteiger partial charge in [0.05, 0.1) is 38.0 Å². The van der Waals surface area contributed by atoms with Crippen LogP contribution >= 0.6 is 11.8 Å². The first-order chi connectivity index (χ1) is 12.6. The average molecular weight is 375 g/mol. The van der Waals surface area contributed by atoms with E-state index in [1.165, 1.54) is 11.8 Å². The highest BCUT2D eigenvalue weighted by atomic mass is 32.2. The van der Waals surface area contributed by atoms with Gasteiger partial charge in [-0.15, -0.1) is 10.2 Å². The number of hydrogen-bond donors (Lipinski definition) is 1. The molecule has 6 nitrogen and oxygen atoms in total. The van der Waals surface area contributed by atoms with Crippen molar-refractivity contribution < 1.29 is 9.69 Å². The zero-order valence-electron chi connectivity index (χ0n) is 15.8. The number of carbonyl (C=O) groups excluding carboxylic acids is 1. The molecule has 1 aliphatic heterocycles. The van der Waals surface area contributed by atoms with Crippen LogP contribution in [0.2, 0.25) is 0 Å². The second-order valence-corrected chi connectivity index (χ2v) is 7.91. The summed E-state index contributed by atoms with van der Waals surface area (Å²) in [5, 5.41) is 9.38. The van der Waals surface area contributed by atoms with Gasteiger partial charge >= 0.3 is 0 Å². The average Bonchev–Trinajstić information content (AvgIpc) is 3.10. The van der Waals surface area contributed by atoms with Crippen LogP contribution in [-0.4, -0.2) is 63.5 Å². The molecule has 1 aromatic heterocycles. The van der Waals surface area contributed by atoms with Crippen LogP contribution in [0.3, 0.4) is 0 Å². The summed E-state index contributed by atoms with van der Waals surface area (Å²) < 4.78 is 2.09. The molecule has 0 radical (unpaired) electrons. The van der Waals surface area contributed by atoms with E-state index in [4.69, 9.17) is 0 Å². The minimum absolute atomic E-state index is 0.156. The maximum Gasteiger partial charge on any atom is 0.236 e. The smallest absolute Gasteiger partial charge is 0.236 e. The quantitative estimate of drug-likeness (QED) is 0.772. The van der Waals surface area contributed by atoms with E-state index in [0.717, 1.165) is 55.8 Å². The van der Waals surface area contributed by atoms with Crippen molar-refractivity contribution in [1.29, 1.82) is 0 Å². The fourth-order valence-corrected chi connectivity index (χ4v) is 4.32. The summed E-state index contributed by atoms with van der Waals surface area (Å²) in [6.07, 6.45) is 0. The van der Waals surface area contributed by atoms with Crippen molar-refractivity contribution in [2.24, 2.45) is 0 Å². The zero-order chi connectivity index (χ0) is 18.5. The van der Waals surface area contributed by atoms with Gasteiger partial charge in [0, 0.05) is 12.1 Å². The normalized spacial score (nSPS) is 16.7. The highest BCUT2D eigenvalue weighted by Gasteiger charge is 2.28. The third kappa shape index (κ3) is 4.10. The molecule has 1 aromatic carbocycles. The molecular formula is C19H28N5OS+. The van der Waals surface area contributed by atoms with E-state index < -0.39 is 0 Å². The van der Waals surface area contributed by atoms with Crippen LogP contribution in [0.15, 0.2) is 35.5 Å². The molecule has 0 bridgehead atoms. The molecular weight excluding hydrogens is 346 g/mol. The number of hydrogen-bond acceptors (Lipinski definition) is 4. The number of piperazine rings is 1. The van der Waals surface area contributed by atoms with Crippen molar-refractivity contribution in [2.75, 3.05) is 32.7 Å². The third-order valence-electron chi connectivity index (χ3n) is 4.98. The van der Waals surface area contributed by atoms with E-state index in [1.54, 1.807) is 4.90 Å². The number of nitrogens with one attached hydrogen (secondary N) is 1. The van der Waals surface area contributed by atoms with Crippen LogP contribution in [0.1, 0.15) is 20.8 Å². The summed E-state index contributed by atoms with van der Waals surface area (Å²) in [4.78, 5) is 16.4. The molecule has 26 heavy (non-hydrogen) atoms. The maximum atomic E-state index is 12.8. The highest BCUT2D eigenvalue weighted by Crippen LogP contribution is 2.27. The van der Waals surface area contributed by atoms with Crippen molar-refractivity contribution >= 4 is 17.7 Å². The van der Waals surface area contributed by atoms with Gasteiger partial charge in [-0.25, -0.2) is 0 Å². The molecule has 0 aliphatic carbocycles. The number of carbonyl (C=O) groups is 1. The number of nitrogens with zero attached hydrogens (tertiary/aromatic N) is 4. The number of benzene rings is 1. The Morgan fingerprint density at radius 3 is 2.50 bits per heavy atom. The predicted molar refractivity (Wildman–Crippen MR) is 104 cm³/mol. The van der Waals surface area contributed by atoms with Gasteiger partial charge in [0.2, 0.25) is 5.91 Å². The SMILES string of the molecule is CCn1c(S[C@H](C)C(=O)N2CC[NH+](CC)CC2)nnc1-c1ccccc1. The lowest BCUT2D eigenvalue weighted by Crippen LogP contribution is -3.14. The van der Waals surface area contributed by atoms with Gasteiger partial charge in [-0.2, -0.15) is 0 Å². The van der Waals surface area contributed by atoms with Crippen LogP contribution in [0.5, 0.6) is 0 Å². The van der Waals surface area contributed by atoms with Gasteiger partial charge in [0.1, 0.15) is 0 Å². The summed E-state index contributed by atoms with van der Waals surface area (Å²) in [5.41, 5.74) is 1.05. The van der Waals surface area contributed by atoms with E-state index in [2.05, 4.69) is 28.6 Å². The van der Waals surface area contributed by atoms with Gasteiger partial charge in [0.25, 0.3) is 0 Å². The lowest BCUT2D eigenvalue weighted by molar-refractivity contribution is -0.902. The minimum atomic E-state index is -0.156. The van der Waals surface area contributed by atoms with Crippen LogP contribution in [0, 0.1) is 0 Å². The number of amides is 1. The third-order valence-corrected chi connectivity index (χ3v) is 6.05. The maximum absolute atomic E-state index is 12.8. The van der Waals surface area contributed by atoms with Crippen molar-refractivity contribution in [1.82, 2.24) is 19.7 Å². The Morgan fingerprint density at radius 2 is 1.88 bits per heavy atom. The van der Waals surface area contributed by atoms with Crippen molar-refractivity contribution in [3.63, 3.8) is 0 Å². The second kappa shape index (κ2) is 8.68. The molecule has 3 rings (SSSR count). The summed E-state index contributed by atoms with van der Waals surface area (Å²) in [5.74, 6) is 1.06. The van der Waals surface area contributed by atoms with E-state index in [1.807, 2.05) is 42.2 Å². The van der Waals surface area contributed by atoms with Crippen molar-refractivity contribution in [2.45, 2.75) is 37.7 Å². The molecule has 2 heterocycles.